The van der Waals surface area contributed by atoms with Crippen molar-refractivity contribution in [2.24, 2.45) is 0 Å². The molecular formula is C26H37N3O6S. The molecule has 0 radical (unpaired) electrons. The van der Waals surface area contributed by atoms with Gasteiger partial charge in [-0.05, 0) is 55.2 Å². The molecule has 2 aromatic rings. The Morgan fingerprint density at radius 3 is 2.11 bits per heavy atom. The van der Waals surface area contributed by atoms with E-state index >= 15 is 0 Å². The molecule has 0 atom stereocenters. The summed E-state index contributed by atoms with van der Waals surface area (Å²) < 4.78 is 43.8. The molecule has 10 heteroatoms. The van der Waals surface area contributed by atoms with E-state index in [1.54, 1.807) is 39.5 Å². The minimum Gasteiger partial charge on any atom is -0.493 e. The van der Waals surface area contributed by atoms with Gasteiger partial charge in [-0.2, -0.15) is 4.31 Å². The second kappa shape index (κ2) is 12.3. The second-order valence-electron chi connectivity index (χ2n) is 8.54. The molecule has 0 unspecified atom stereocenters. The van der Waals surface area contributed by atoms with Gasteiger partial charge in [-0.15, -0.1) is 0 Å². The number of aryl methyl sites for hydroxylation is 1. The van der Waals surface area contributed by atoms with E-state index in [2.05, 4.69) is 10.2 Å². The van der Waals surface area contributed by atoms with Crippen LogP contribution in [-0.2, 0) is 21.2 Å². The maximum Gasteiger partial charge on any atom is 0.243 e. The number of amides is 1. The molecule has 1 N–H and O–H groups in total. The molecule has 2 aromatic carbocycles. The molecule has 1 amide bonds. The Morgan fingerprint density at radius 1 is 0.972 bits per heavy atom. The van der Waals surface area contributed by atoms with E-state index in [0.29, 0.717) is 42.4 Å². The van der Waals surface area contributed by atoms with Gasteiger partial charge in [-0.1, -0.05) is 13.8 Å². The van der Waals surface area contributed by atoms with Gasteiger partial charge >= 0.3 is 0 Å². The molecule has 1 saturated heterocycles. The van der Waals surface area contributed by atoms with Crippen LogP contribution in [0.15, 0.2) is 35.2 Å². The van der Waals surface area contributed by atoms with E-state index in [9.17, 15) is 13.2 Å². The number of nitrogens with zero attached hydrogens (tertiary/aromatic N) is 2. The highest BCUT2D eigenvalue weighted by Crippen LogP contribution is 2.38. The van der Waals surface area contributed by atoms with E-state index in [1.165, 1.54) is 4.31 Å². The Balaban J connectivity index is 1.84. The van der Waals surface area contributed by atoms with E-state index < -0.39 is 10.0 Å². The van der Waals surface area contributed by atoms with Crippen molar-refractivity contribution >= 4 is 27.3 Å². The van der Waals surface area contributed by atoms with Crippen LogP contribution >= 0.6 is 0 Å². The summed E-state index contributed by atoms with van der Waals surface area (Å²) in [5.74, 6) is 1.34. The Hall–Kier alpha value is -2.98. The molecule has 0 spiro atoms. The summed E-state index contributed by atoms with van der Waals surface area (Å²) in [6.07, 6.45) is 2.77. The van der Waals surface area contributed by atoms with Crippen LogP contribution < -0.4 is 24.4 Å². The molecule has 0 aromatic heterocycles. The van der Waals surface area contributed by atoms with Crippen LogP contribution in [0, 0.1) is 0 Å². The highest BCUT2D eigenvalue weighted by atomic mass is 32.2. The van der Waals surface area contributed by atoms with Gasteiger partial charge in [0.2, 0.25) is 21.7 Å². The quantitative estimate of drug-likeness (QED) is 0.454. The largest absolute Gasteiger partial charge is 0.493 e. The number of hydrogen-bond donors (Lipinski definition) is 1. The zero-order chi connectivity index (χ0) is 26.3. The lowest BCUT2D eigenvalue weighted by Crippen LogP contribution is -2.31. The van der Waals surface area contributed by atoms with Crippen LogP contribution in [0.5, 0.6) is 17.2 Å². The molecule has 1 aliphatic heterocycles. The number of benzene rings is 2. The monoisotopic (exact) mass is 519 g/mol. The van der Waals surface area contributed by atoms with Crippen LogP contribution in [0.4, 0.5) is 11.4 Å². The van der Waals surface area contributed by atoms with Crippen LogP contribution in [-0.4, -0.2) is 66.1 Å². The van der Waals surface area contributed by atoms with Gasteiger partial charge in [-0.3, -0.25) is 4.79 Å². The Morgan fingerprint density at radius 2 is 1.58 bits per heavy atom. The van der Waals surface area contributed by atoms with Gasteiger partial charge in [0.05, 0.1) is 37.6 Å². The van der Waals surface area contributed by atoms with Gasteiger partial charge in [-0.25, -0.2) is 8.42 Å². The third kappa shape index (κ3) is 6.04. The molecule has 1 aliphatic rings. The fraction of sp³-hybridized carbons (Fsp3) is 0.500. The van der Waals surface area contributed by atoms with Crippen LogP contribution in [0.2, 0.25) is 0 Å². The predicted octanol–water partition coefficient (Wildman–Crippen LogP) is 3.91. The first-order chi connectivity index (χ1) is 17.3. The van der Waals surface area contributed by atoms with Gasteiger partial charge in [0.25, 0.3) is 0 Å². The van der Waals surface area contributed by atoms with Gasteiger partial charge in [0.1, 0.15) is 0 Å². The second-order valence-corrected chi connectivity index (χ2v) is 10.5. The Kier molecular flexibility index (Phi) is 9.44. The first-order valence-electron chi connectivity index (χ1n) is 12.3. The molecule has 3 rings (SSSR count). The fourth-order valence-corrected chi connectivity index (χ4v) is 5.96. The summed E-state index contributed by atoms with van der Waals surface area (Å²) in [6, 6.07) is 8.66. The van der Waals surface area contributed by atoms with E-state index in [1.807, 2.05) is 26.0 Å². The maximum absolute atomic E-state index is 13.1. The van der Waals surface area contributed by atoms with Crippen molar-refractivity contribution in [2.75, 3.05) is 57.7 Å². The molecule has 9 nitrogen and oxygen atoms in total. The molecule has 0 aliphatic carbocycles. The summed E-state index contributed by atoms with van der Waals surface area (Å²) in [7, 11) is 0.986. The lowest BCUT2D eigenvalue weighted by atomic mass is 10.1. The number of hydrogen-bond acceptors (Lipinski definition) is 7. The number of carbonyl (C=O) groups is 1. The number of anilines is 2. The number of methoxy groups -OCH3 is 3. The van der Waals surface area contributed by atoms with Gasteiger partial charge < -0.3 is 24.4 Å². The number of rotatable bonds is 12. The van der Waals surface area contributed by atoms with E-state index in [0.717, 1.165) is 37.2 Å². The van der Waals surface area contributed by atoms with Crippen molar-refractivity contribution in [1.82, 2.24) is 4.31 Å². The third-order valence-corrected chi connectivity index (χ3v) is 8.44. The third-order valence-electron chi connectivity index (χ3n) is 6.40. The van der Waals surface area contributed by atoms with Crippen molar-refractivity contribution in [1.29, 1.82) is 0 Å². The van der Waals surface area contributed by atoms with E-state index in [-0.39, 0.29) is 17.2 Å². The number of carbonyl (C=O) groups excluding carboxylic acids is 1. The summed E-state index contributed by atoms with van der Waals surface area (Å²) in [6.45, 7) is 6.12. The van der Waals surface area contributed by atoms with Crippen LogP contribution in [0.25, 0.3) is 0 Å². The average molecular weight is 520 g/mol. The van der Waals surface area contributed by atoms with Crippen molar-refractivity contribution < 1.29 is 27.4 Å². The smallest absolute Gasteiger partial charge is 0.243 e. The van der Waals surface area contributed by atoms with Crippen molar-refractivity contribution in [3.63, 3.8) is 0 Å². The summed E-state index contributed by atoms with van der Waals surface area (Å²) >= 11 is 0. The molecule has 0 saturated carbocycles. The number of nitrogens with one attached hydrogen (secondary N) is 1. The summed E-state index contributed by atoms with van der Waals surface area (Å²) in [5, 5.41) is 2.97. The molecule has 1 heterocycles. The molecule has 36 heavy (non-hydrogen) atoms. The highest BCUT2D eigenvalue weighted by Gasteiger charge is 2.25. The Bertz CT molecular complexity index is 1130. The zero-order valence-electron chi connectivity index (χ0n) is 21.8. The SMILES string of the molecule is CCN(CC)S(=O)(=O)c1ccc(N2CCCC2)c(NC(=O)CCc2cc(OC)c(OC)c(OC)c2)c1. The first-order valence-corrected chi connectivity index (χ1v) is 13.7. The van der Waals surface area contributed by atoms with Gasteiger partial charge in [0.15, 0.2) is 11.5 Å². The first kappa shape index (κ1) is 27.6. The van der Waals surface area contributed by atoms with Crippen molar-refractivity contribution in [3.8, 4) is 17.2 Å². The average Bonchev–Trinajstić information content (AvgIpc) is 3.42. The number of ether oxygens (including phenoxy) is 3. The molecular weight excluding hydrogens is 482 g/mol. The lowest BCUT2D eigenvalue weighted by Gasteiger charge is -2.24. The summed E-state index contributed by atoms with van der Waals surface area (Å²) in [5.41, 5.74) is 2.21. The minimum atomic E-state index is -3.65. The standard InChI is InChI=1S/C26H37N3O6S/c1-6-29(7-2)36(31,32)20-11-12-22(28-14-8-9-15-28)21(18-20)27-25(30)13-10-19-16-23(33-3)26(35-5)24(17-19)34-4/h11-12,16-18H,6-10,13-15H2,1-5H3,(H,27,30). The fourth-order valence-electron chi connectivity index (χ4n) is 4.47. The topological polar surface area (TPSA) is 97.4 Å². The maximum atomic E-state index is 13.1. The molecule has 198 valence electrons. The van der Waals surface area contributed by atoms with E-state index in [4.69, 9.17) is 14.2 Å². The minimum absolute atomic E-state index is 0.175. The lowest BCUT2D eigenvalue weighted by molar-refractivity contribution is -0.116. The van der Waals surface area contributed by atoms with Crippen molar-refractivity contribution in [3.05, 3.63) is 35.9 Å². The molecule has 1 fully saturated rings. The van der Waals surface area contributed by atoms with Gasteiger partial charge in [0, 0.05) is 32.6 Å². The predicted molar refractivity (Wildman–Crippen MR) is 141 cm³/mol. The number of sulfonamides is 1. The Labute approximate surface area is 214 Å². The zero-order valence-corrected chi connectivity index (χ0v) is 22.6. The summed E-state index contributed by atoms with van der Waals surface area (Å²) in [4.78, 5) is 15.4. The highest BCUT2D eigenvalue weighted by molar-refractivity contribution is 7.89. The molecule has 0 bridgehead atoms. The van der Waals surface area contributed by atoms with Crippen LogP contribution in [0.3, 0.4) is 0 Å². The van der Waals surface area contributed by atoms with Crippen molar-refractivity contribution in [2.45, 2.75) is 44.4 Å². The van der Waals surface area contributed by atoms with Crippen LogP contribution in [0.1, 0.15) is 38.7 Å². The normalized spacial score (nSPS) is 13.7.